The Morgan fingerprint density at radius 1 is 0.591 bits per heavy atom. The van der Waals surface area contributed by atoms with Gasteiger partial charge in [-0.05, 0) is 62.4 Å². The van der Waals surface area contributed by atoms with Crippen LogP contribution in [0.4, 0.5) is 0 Å². The van der Waals surface area contributed by atoms with Crippen molar-refractivity contribution in [1.29, 1.82) is 0 Å². The SMILES string of the molecule is CCOc1cccc(/C=N/NS(=O)(=O)c2ccccc2)c1O.CCOc1cccc(/C=N/NS(=O)(=O)c2ccccc2)c1O. The largest absolute Gasteiger partial charge is 0.504 e. The molecule has 14 heteroatoms. The van der Waals surface area contributed by atoms with Crippen molar-refractivity contribution in [3.05, 3.63) is 108 Å². The van der Waals surface area contributed by atoms with Crippen molar-refractivity contribution >= 4 is 32.5 Å². The molecule has 0 fully saturated rings. The van der Waals surface area contributed by atoms with Gasteiger partial charge in [0, 0.05) is 11.1 Å². The molecular formula is C30H32N4O8S2. The van der Waals surface area contributed by atoms with Crippen LogP contribution in [0.3, 0.4) is 0 Å². The first kappa shape index (κ1) is 33.4. The number of nitrogens with zero attached hydrogens (tertiary/aromatic N) is 2. The van der Waals surface area contributed by atoms with Gasteiger partial charge in [0.05, 0.1) is 35.4 Å². The number of phenolic OH excluding ortho intramolecular Hbond substituents is 2. The minimum atomic E-state index is -3.72. The lowest BCUT2D eigenvalue weighted by Crippen LogP contribution is -2.18. The van der Waals surface area contributed by atoms with Gasteiger partial charge < -0.3 is 19.7 Å². The van der Waals surface area contributed by atoms with Crippen LogP contribution in [0.15, 0.2) is 117 Å². The van der Waals surface area contributed by atoms with E-state index in [0.29, 0.717) is 35.8 Å². The highest BCUT2D eigenvalue weighted by Crippen LogP contribution is 2.29. The minimum Gasteiger partial charge on any atom is -0.504 e. The number of benzene rings is 4. The molecule has 0 radical (unpaired) electrons. The summed E-state index contributed by atoms with van der Waals surface area (Å²) in [5, 5.41) is 27.3. The van der Waals surface area contributed by atoms with E-state index < -0.39 is 20.0 Å². The summed E-state index contributed by atoms with van der Waals surface area (Å²) in [5.41, 5.74) is 0.698. The summed E-state index contributed by atoms with van der Waals surface area (Å²) in [6, 6.07) is 25.6. The molecule has 0 atom stereocenters. The van der Waals surface area contributed by atoms with Crippen LogP contribution in [-0.4, -0.2) is 52.7 Å². The van der Waals surface area contributed by atoms with Crippen molar-refractivity contribution in [2.45, 2.75) is 23.6 Å². The lowest BCUT2D eigenvalue weighted by atomic mass is 10.2. The number of sulfonamides is 2. The first-order valence-electron chi connectivity index (χ1n) is 13.2. The number of hydrogen-bond acceptors (Lipinski definition) is 10. The number of phenols is 2. The van der Waals surface area contributed by atoms with E-state index in [2.05, 4.69) is 19.9 Å². The summed E-state index contributed by atoms with van der Waals surface area (Å²) in [7, 11) is -7.45. The maximum Gasteiger partial charge on any atom is 0.276 e. The van der Waals surface area contributed by atoms with Gasteiger partial charge in [-0.25, -0.2) is 9.66 Å². The Hall–Kier alpha value is -5.08. The summed E-state index contributed by atoms with van der Waals surface area (Å²) in [5.74, 6) is 0.453. The second-order valence-corrected chi connectivity index (χ2v) is 11.9. The van der Waals surface area contributed by atoms with Crippen LogP contribution in [0.5, 0.6) is 23.0 Å². The number of hydrogen-bond donors (Lipinski definition) is 4. The van der Waals surface area contributed by atoms with Gasteiger partial charge in [-0.1, -0.05) is 48.5 Å². The molecule has 4 rings (SSSR count). The molecule has 0 spiro atoms. The summed E-state index contributed by atoms with van der Waals surface area (Å²) in [6.07, 6.45) is 2.44. The van der Waals surface area contributed by atoms with Crippen LogP contribution in [-0.2, 0) is 20.0 Å². The molecule has 0 aliphatic carbocycles. The number of hydrazone groups is 2. The second kappa shape index (κ2) is 16.0. The topological polar surface area (TPSA) is 176 Å². The smallest absolute Gasteiger partial charge is 0.276 e. The van der Waals surface area contributed by atoms with E-state index in [1.165, 1.54) is 36.7 Å². The Morgan fingerprint density at radius 3 is 1.30 bits per heavy atom. The average molecular weight is 641 g/mol. The van der Waals surface area contributed by atoms with E-state index in [0.717, 1.165) is 0 Å². The van der Waals surface area contributed by atoms with Gasteiger partial charge in [-0.3, -0.25) is 0 Å². The molecule has 0 amide bonds. The molecule has 4 aromatic rings. The maximum absolute atomic E-state index is 12.0. The first-order chi connectivity index (χ1) is 21.1. The normalized spacial score (nSPS) is 11.5. The fraction of sp³-hybridized carbons (Fsp3) is 0.133. The van der Waals surface area contributed by atoms with Crippen LogP contribution in [0.1, 0.15) is 25.0 Å². The summed E-state index contributed by atoms with van der Waals surface area (Å²) < 4.78 is 58.3. The quantitative estimate of drug-likeness (QED) is 0.132. The third kappa shape index (κ3) is 9.47. The number of aromatic hydroxyl groups is 2. The highest BCUT2D eigenvalue weighted by Gasteiger charge is 2.13. The maximum atomic E-state index is 12.0. The molecule has 0 saturated heterocycles. The standard InChI is InChI=1S/2C15H16N2O4S/c2*1-2-21-14-10-6-7-12(15(14)18)11-16-17-22(19,20)13-8-4-3-5-9-13/h2*3-11,17-18H,2H2,1H3/b2*16-11+. The molecule has 0 aromatic heterocycles. The second-order valence-electron chi connectivity index (χ2n) is 8.59. The van der Waals surface area contributed by atoms with Crippen molar-refractivity contribution in [3.8, 4) is 23.0 Å². The van der Waals surface area contributed by atoms with Crippen LogP contribution >= 0.6 is 0 Å². The van der Waals surface area contributed by atoms with Gasteiger partial charge >= 0.3 is 0 Å². The van der Waals surface area contributed by atoms with Crippen molar-refractivity contribution in [2.24, 2.45) is 10.2 Å². The minimum absolute atomic E-state index is 0.0907. The molecular weight excluding hydrogens is 608 g/mol. The monoisotopic (exact) mass is 640 g/mol. The van der Waals surface area contributed by atoms with E-state index in [4.69, 9.17) is 9.47 Å². The van der Waals surface area contributed by atoms with Gasteiger partial charge in [0.25, 0.3) is 20.0 Å². The van der Waals surface area contributed by atoms with E-state index in [-0.39, 0.29) is 21.3 Å². The van der Waals surface area contributed by atoms with E-state index in [1.807, 2.05) is 0 Å². The lowest BCUT2D eigenvalue weighted by Gasteiger charge is -2.07. The van der Waals surface area contributed by atoms with E-state index in [1.54, 1.807) is 86.6 Å². The molecule has 12 nitrogen and oxygen atoms in total. The van der Waals surface area contributed by atoms with Gasteiger partial charge in [0.15, 0.2) is 23.0 Å². The third-order valence-corrected chi connectivity index (χ3v) is 8.00. The highest BCUT2D eigenvalue weighted by molar-refractivity contribution is 7.89. The van der Waals surface area contributed by atoms with Crippen LogP contribution in [0.25, 0.3) is 0 Å². The lowest BCUT2D eigenvalue weighted by molar-refractivity contribution is 0.318. The Kier molecular flexibility index (Phi) is 12.1. The summed E-state index contributed by atoms with van der Waals surface area (Å²) in [4.78, 5) is 4.41. The van der Waals surface area contributed by atoms with Crippen LogP contribution in [0.2, 0.25) is 0 Å². The first-order valence-corrected chi connectivity index (χ1v) is 16.1. The Balaban J connectivity index is 0.000000240. The molecule has 0 saturated carbocycles. The predicted octanol–water partition coefficient (Wildman–Crippen LogP) is 4.21. The average Bonchev–Trinajstić information content (AvgIpc) is 3.02. The Bertz CT molecular complexity index is 1650. The van der Waals surface area contributed by atoms with Crippen LogP contribution < -0.4 is 19.1 Å². The van der Waals surface area contributed by atoms with Gasteiger partial charge in [-0.2, -0.15) is 27.0 Å². The molecule has 0 aliphatic rings. The molecule has 0 heterocycles. The predicted molar refractivity (Wildman–Crippen MR) is 167 cm³/mol. The number of ether oxygens (including phenoxy) is 2. The third-order valence-electron chi connectivity index (χ3n) is 5.52. The van der Waals surface area contributed by atoms with Crippen molar-refractivity contribution in [2.75, 3.05) is 13.2 Å². The fourth-order valence-corrected chi connectivity index (χ4v) is 5.09. The van der Waals surface area contributed by atoms with Gasteiger partial charge in [0.1, 0.15) is 0 Å². The highest BCUT2D eigenvalue weighted by atomic mass is 32.2. The molecule has 0 aliphatic heterocycles. The van der Waals surface area contributed by atoms with E-state index >= 15 is 0 Å². The molecule has 0 bridgehead atoms. The Morgan fingerprint density at radius 2 is 0.955 bits per heavy atom. The number of rotatable bonds is 12. The summed E-state index contributed by atoms with van der Waals surface area (Å²) >= 11 is 0. The van der Waals surface area contributed by atoms with Crippen molar-refractivity contribution in [3.63, 3.8) is 0 Å². The zero-order chi connectivity index (χ0) is 32.0. The van der Waals surface area contributed by atoms with Gasteiger partial charge in [0.2, 0.25) is 0 Å². The Labute approximate surface area is 256 Å². The number of para-hydroxylation sites is 2. The molecule has 4 N–H and O–H groups in total. The van der Waals surface area contributed by atoms with E-state index in [9.17, 15) is 27.0 Å². The number of nitrogens with one attached hydrogen (secondary N) is 2. The van der Waals surface area contributed by atoms with Crippen molar-refractivity contribution < 1.29 is 36.5 Å². The fourth-order valence-electron chi connectivity index (χ4n) is 3.47. The van der Waals surface area contributed by atoms with Crippen molar-refractivity contribution in [1.82, 2.24) is 9.66 Å². The van der Waals surface area contributed by atoms with Gasteiger partial charge in [-0.15, -0.1) is 0 Å². The zero-order valence-corrected chi connectivity index (χ0v) is 25.5. The molecule has 0 unspecified atom stereocenters. The summed E-state index contributed by atoms with van der Waals surface area (Å²) in [6.45, 7) is 4.42. The van der Waals surface area contributed by atoms with Crippen LogP contribution in [0, 0.1) is 0 Å². The molecule has 44 heavy (non-hydrogen) atoms. The molecule has 4 aromatic carbocycles. The zero-order valence-electron chi connectivity index (χ0n) is 23.9. The molecule has 232 valence electrons.